The van der Waals surface area contributed by atoms with Gasteiger partial charge in [0.2, 0.25) is 5.82 Å². The third-order valence-electron chi connectivity index (χ3n) is 8.82. The molecule has 0 saturated heterocycles. The van der Waals surface area contributed by atoms with Gasteiger partial charge in [-0.1, -0.05) is 90.5 Å². The molecule has 0 aliphatic heterocycles. The Morgan fingerprint density at radius 3 is 1.94 bits per heavy atom. The number of hydrogen-bond donors (Lipinski definition) is 0. The Balaban J connectivity index is 1.38. The normalized spacial score (nSPS) is 25.4. The lowest BCUT2D eigenvalue weighted by Crippen LogP contribution is -2.25. The lowest BCUT2D eigenvalue weighted by molar-refractivity contribution is 0.155. The number of unbranched alkanes of at least 4 members (excludes halogenated alkanes) is 7. The highest BCUT2D eigenvalue weighted by Gasteiger charge is 2.32. The molecule has 0 spiro atoms. The van der Waals surface area contributed by atoms with Gasteiger partial charge in [-0.25, -0.2) is 4.39 Å². The predicted octanol–water partition coefficient (Wildman–Crippen LogP) is 10.4. The van der Waals surface area contributed by atoms with Gasteiger partial charge in [-0.2, -0.15) is 4.39 Å². The summed E-state index contributed by atoms with van der Waals surface area (Å²) in [6.07, 6.45) is 22.8. The second-order valence-electron chi connectivity index (χ2n) is 11.3. The van der Waals surface area contributed by atoms with Gasteiger partial charge in [0, 0.05) is 0 Å². The Morgan fingerprint density at radius 1 is 0.676 bits per heavy atom. The van der Waals surface area contributed by atoms with Gasteiger partial charge in [0.25, 0.3) is 0 Å². The van der Waals surface area contributed by atoms with E-state index in [9.17, 15) is 8.78 Å². The molecule has 2 fully saturated rings. The van der Waals surface area contributed by atoms with Crippen molar-refractivity contribution in [3.05, 3.63) is 29.3 Å². The van der Waals surface area contributed by atoms with Crippen molar-refractivity contribution in [1.82, 2.24) is 0 Å². The molecular formula is C31H50F2O. The SMILES string of the molecule is CCCCCCCCC1CCC(C2CCC(c3ccc(OCCCCC)c(F)c3F)CC2)CC1. The number of ether oxygens (including phenoxy) is 1. The summed E-state index contributed by atoms with van der Waals surface area (Å²) < 4.78 is 34.9. The Bertz CT molecular complexity index is 687. The minimum atomic E-state index is -0.792. The Kier molecular flexibility index (Phi) is 12.2. The van der Waals surface area contributed by atoms with Crippen LogP contribution < -0.4 is 4.74 Å². The summed E-state index contributed by atoms with van der Waals surface area (Å²) in [5.41, 5.74) is 0.569. The molecular weight excluding hydrogens is 426 g/mol. The first-order chi connectivity index (χ1) is 16.6. The Morgan fingerprint density at radius 2 is 1.26 bits per heavy atom. The van der Waals surface area contributed by atoms with E-state index in [-0.39, 0.29) is 11.7 Å². The van der Waals surface area contributed by atoms with Gasteiger partial charge >= 0.3 is 0 Å². The summed E-state index contributed by atoms with van der Waals surface area (Å²) in [6.45, 7) is 4.85. The Hall–Kier alpha value is -1.12. The molecule has 34 heavy (non-hydrogen) atoms. The van der Waals surface area contributed by atoms with E-state index in [4.69, 9.17) is 4.74 Å². The zero-order valence-electron chi connectivity index (χ0n) is 22.1. The van der Waals surface area contributed by atoms with E-state index in [0.717, 1.165) is 49.9 Å². The molecule has 2 saturated carbocycles. The molecule has 0 amide bonds. The Labute approximate surface area is 208 Å². The topological polar surface area (TPSA) is 9.23 Å². The average Bonchev–Trinajstić information content (AvgIpc) is 2.87. The molecule has 0 bridgehead atoms. The summed E-state index contributed by atoms with van der Waals surface area (Å²) in [4.78, 5) is 0. The molecule has 3 rings (SSSR count). The van der Waals surface area contributed by atoms with Crippen LogP contribution in [0.1, 0.15) is 141 Å². The molecule has 1 aromatic rings. The summed E-state index contributed by atoms with van der Waals surface area (Å²) in [7, 11) is 0. The molecule has 1 aromatic carbocycles. The van der Waals surface area contributed by atoms with Crippen molar-refractivity contribution < 1.29 is 13.5 Å². The monoisotopic (exact) mass is 476 g/mol. The minimum Gasteiger partial charge on any atom is -0.490 e. The molecule has 0 atom stereocenters. The quantitative estimate of drug-likeness (QED) is 0.243. The van der Waals surface area contributed by atoms with Crippen LogP contribution in [0.3, 0.4) is 0 Å². The molecule has 2 aliphatic carbocycles. The van der Waals surface area contributed by atoms with Gasteiger partial charge in [0.15, 0.2) is 11.6 Å². The van der Waals surface area contributed by atoms with Crippen molar-refractivity contribution in [2.75, 3.05) is 6.61 Å². The van der Waals surface area contributed by atoms with Crippen LogP contribution in [0.25, 0.3) is 0 Å². The molecule has 1 nitrogen and oxygen atoms in total. The van der Waals surface area contributed by atoms with Crippen molar-refractivity contribution in [1.29, 1.82) is 0 Å². The number of benzene rings is 1. The second kappa shape index (κ2) is 15.1. The van der Waals surface area contributed by atoms with E-state index in [1.165, 1.54) is 83.5 Å². The molecule has 0 N–H and O–H groups in total. The van der Waals surface area contributed by atoms with Gasteiger partial charge in [0.1, 0.15) is 0 Å². The fourth-order valence-corrected chi connectivity index (χ4v) is 6.57. The highest BCUT2D eigenvalue weighted by atomic mass is 19.2. The van der Waals surface area contributed by atoms with Crippen LogP contribution in [0, 0.1) is 29.4 Å². The van der Waals surface area contributed by atoms with Crippen LogP contribution in [0.5, 0.6) is 5.75 Å². The van der Waals surface area contributed by atoms with E-state index in [2.05, 4.69) is 13.8 Å². The van der Waals surface area contributed by atoms with Crippen molar-refractivity contribution in [2.45, 2.75) is 135 Å². The summed E-state index contributed by atoms with van der Waals surface area (Å²) in [5, 5.41) is 0. The fraction of sp³-hybridized carbons (Fsp3) is 0.806. The maximum atomic E-state index is 14.9. The molecule has 0 unspecified atom stereocenters. The second-order valence-corrected chi connectivity index (χ2v) is 11.3. The van der Waals surface area contributed by atoms with Crippen LogP contribution >= 0.6 is 0 Å². The summed E-state index contributed by atoms with van der Waals surface area (Å²) >= 11 is 0. The molecule has 0 aromatic heterocycles. The molecule has 0 radical (unpaired) electrons. The maximum Gasteiger partial charge on any atom is 0.200 e. The zero-order chi connectivity index (χ0) is 24.2. The van der Waals surface area contributed by atoms with Gasteiger partial charge in [0.05, 0.1) is 6.61 Å². The summed E-state index contributed by atoms with van der Waals surface area (Å²) in [6, 6.07) is 3.43. The summed E-state index contributed by atoms with van der Waals surface area (Å²) in [5.74, 6) is 1.38. The van der Waals surface area contributed by atoms with Crippen molar-refractivity contribution in [2.24, 2.45) is 17.8 Å². The maximum absolute atomic E-state index is 14.9. The van der Waals surface area contributed by atoms with Crippen LogP contribution in [-0.4, -0.2) is 6.61 Å². The lowest BCUT2D eigenvalue weighted by Gasteiger charge is -2.38. The van der Waals surface area contributed by atoms with Gasteiger partial charge in [-0.15, -0.1) is 0 Å². The number of rotatable bonds is 14. The van der Waals surface area contributed by atoms with Gasteiger partial charge < -0.3 is 4.74 Å². The molecule has 2 aliphatic rings. The van der Waals surface area contributed by atoms with E-state index < -0.39 is 11.6 Å². The van der Waals surface area contributed by atoms with Gasteiger partial charge in [-0.05, 0) is 80.2 Å². The van der Waals surface area contributed by atoms with Crippen LogP contribution in [0.15, 0.2) is 12.1 Å². The lowest BCUT2D eigenvalue weighted by atomic mass is 9.68. The smallest absolute Gasteiger partial charge is 0.200 e. The van der Waals surface area contributed by atoms with Gasteiger partial charge in [-0.3, -0.25) is 0 Å². The van der Waals surface area contributed by atoms with E-state index in [1.54, 1.807) is 12.1 Å². The minimum absolute atomic E-state index is 0.0729. The fourth-order valence-electron chi connectivity index (χ4n) is 6.57. The first kappa shape index (κ1) is 27.5. The molecule has 194 valence electrons. The molecule has 0 heterocycles. The highest BCUT2D eigenvalue weighted by Crippen LogP contribution is 2.45. The number of halogens is 2. The third-order valence-corrected chi connectivity index (χ3v) is 8.82. The van der Waals surface area contributed by atoms with E-state index in [0.29, 0.717) is 12.2 Å². The first-order valence-electron chi connectivity index (χ1n) is 14.7. The largest absolute Gasteiger partial charge is 0.490 e. The first-order valence-corrected chi connectivity index (χ1v) is 14.7. The predicted molar refractivity (Wildman–Crippen MR) is 140 cm³/mol. The van der Waals surface area contributed by atoms with Crippen molar-refractivity contribution in [3.63, 3.8) is 0 Å². The third kappa shape index (κ3) is 8.23. The zero-order valence-corrected chi connectivity index (χ0v) is 22.1. The van der Waals surface area contributed by atoms with Crippen molar-refractivity contribution >= 4 is 0 Å². The van der Waals surface area contributed by atoms with Crippen molar-refractivity contribution in [3.8, 4) is 5.75 Å². The highest BCUT2D eigenvalue weighted by molar-refractivity contribution is 5.33. The van der Waals surface area contributed by atoms with Crippen LogP contribution in [0.4, 0.5) is 8.78 Å². The van der Waals surface area contributed by atoms with E-state index in [1.807, 2.05) is 0 Å². The van der Waals surface area contributed by atoms with Crippen LogP contribution in [-0.2, 0) is 0 Å². The molecule has 3 heteroatoms. The van der Waals surface area contributed by atoms with Crippen LogP contribution in [0.2, 0.25) is 0 Å². The standard InChI is InChI=1S/C31H50F2O/c1-3-5-7-8-9-10-12-24-13-15-25(16-14-24)26-17-19-27(20-18-26)28-21-22-29(31(33)30(28)32)34-23-11-6-4-2/h21-22,24-27H,3-20,23H2,1-2H3. The average molecular weight is 477 g/mol. The number of hydrogen-bond acceptors (Lipinski definition) is 1. The van der Waals surface area contributed by atoms with E-state index >= 15 is 0 Å².